The third-order valence-electron chi connectivity index (χ3n) is 3.10. The van der Waals surface area contributed by atoms with E-state index in [1.807, 2.05) is 19.3 Å². The Morgan fingerprint density at radius 1 is 1.53 bits per heavy atom. The highest BCUT2D eigenvalue weighted by atomic mass is 16.4. The van der Waals surface area contributed by atoms with Gasteiger partial charge in [0.15, 0.2) is 0 Å². The van der Waals surface area contributed by atoms with Gasteiger partial charge in [0.2, 0.25) is 5.95 Å². The van der Waals surface area contributed by atoms with Gasteiger partial charge in [0.25, 0.3) is 0 Å². The van der Waals surface area contributed by atoms with Gasteiger partial charge in [0.05, 0.1) is 0 Å². The van der Waals surface area contributed by atoms with E-state index in [1.54, 1.807) is 0 Å². The number of hydrogen-bond donors (Lipinski definition) is 1. The monoisotopic (exact) mass is 235 g/mol. The summed E-state index contributed by atoms with van der Waals surface area (Å²) in [6.45, 7) is 3.76. The SMILES string of the molecule is Cc1cnc(N2CCC(CCC(=O)O)C2)nc1. The molecule has 1 aliphatic heterocycles. The zero-order chi connectivity index (χ0) is 12.3. The van der Waals surface area contributed by atoms with Gasteiger partial charge in [-0.2, -0.15) is 0 Å². The maximum atomic E-state index is 10.5. The fraction of sp³-hybridized carbons (Fsp3) is 0.583. The fourth-order valence-electron chi connectivity index (χ4n) is 2.13. The van der Waals surface area contributed by atoms with E-state index >= 15 is 0 Å². The van der Waals surface area contributed by atoms with Crippen molar-refractivity contribution in [2.45, 2.75) is 26.2 Å². The van der Waals surface area contributed by atoms with Crippen LogP contribution in [-0.4, -0.2) is 34.1 Å². The molecule has 0 aromatic carbocycles. The lowest BCUT2D eigenvalue weighted by Gasteiger charge is -2.15. The van der Waals surface area contributed by atoms with Crippen molar-refractivity contribution < 1.29 is 9.90 Å². The van der Waals surface area contributed by atoms with Crippen LogP contribution in [0.25, 0.3) is 0 Å². The van der Waals surface area contributed by atoms with Gasteiger partial charge in [0.1, 0.15) is 0 Å². The summed E-state index contributed by atoms with van der Waals surface area (Å²) in [4.78, 5) is 21.2. The second kappa shape index (κ2) is 5.12. The minimum absolute atomic E-state index is 0.257. The maximum Gasteiger partial charge on any atom is 0.303 e. The van der Waals surface area contributed by atoms with E-state index in [4.69, 9.17) is 5.11 Å². The smallest absolute Gasteiger partial charge is 0.303 e. The summed E-state index contributed by atoms with van der Waals surface area (Å²) >= 11 is 0. The number of anilines is 1. The van der Waals surface area contributed by atoms with Crippen molar-refractivity contribution in [3.63, 3.8) is 0 Å². The summed E-state index contributed by atoms with van der Waals surface area (Å²) in [5, 5.41) is 8.65. The first kappa shape index (κ1) is 11.8. The second-order valence-electron chi connectivity index (χ2n) is 4.59. The van der Waals surface area contributed by atoms with Crippen LogP contribution in [0.15, 0.2) is 12.4 Å². The maximum absolute atomic E-state index is 10.5. The van der Waals surface area contributed by atoms with Crippen molar-refractivity contribution in [2.24, 2.45) is 5.92 Å². The summed E-state index contributed by atoms with van der Waals surface area (Å²) in [6.07, 6.45) is 5.66. The minimum Gasteiger partial charge on any atom is -0.481 e. The first-order valence-electron chi connectivity index (χ1n) is 5.90. The zero-order valence-electron chi connectivity index (χ0n) is 9.96. The number of carbonyl (C=O) groups is 1. The Morgan fingerprint density at radius 2 is 2.24 bits per heavy atom. The molecule has 17 heavy (non-hydrogen) atoms. The lowest BCUT2D eigenvalue weighted by molar-refractivity contribution is -0.137. The number of nitrogens with zero attached hydrogens (tertiary/aromatic N) is 3. The molecule has 1 aromatic heterocycles. The van der Waals surface area contributed by atoms with E-state index in [9.17, 15) is 4.79 Å². The minimum atomic E-state index is -0.713. The van der Waals surface area contributed by atoms with Crippen molar-refractivity contribution in [1.29, 1.82) is 0 Å². The van der Waals surface area contributed by atoms with E-state index in [0.29, 0.717) is 5.92 Å². The molecule has 2 rings (SSSR count). The van der Waals surface area contributed by atoms with Crippen molar-refractivity contribution in [2.75, 3.05) is 18.0 Å². The molecule has 0 saturated carbocycles. The normalized spacial score (nSPS) is 19.6. The number of rotatable bonds is 4. The Hall–Kier alpha value is -1.65. The molecule has 1 saturated heterocycles. The molecule has 1 unspecified atom stereocenters. The van der Waals surface area contributed by atoms with E-state index in [-0.39, 0.29) is 6.42 Å². The van der Waals surface area contributed by atoms with Crippen LogP contribution >= 0.6 is 0 Å². The number of aliphatic carboxylic acids is 1. The lowest BCUT2D eigenvalue weighted by atomic mass is 10.0. The molecule has 0 radical (unpaired) electrons. The molecule has 1 aliphatic rings. The molecule has 5 nitrogen and oxygen atoms in total. The Labute approximate surface area is 100 Å². The molecule has 5 heteroatoms. The molecule has 1 aromatic rings. The van der Waals surface area contributed by atoms with Gasteiger partial charge in [0, 0.05) is 31.9 Å². The summed E-state index contributed by atoms with van der Waals surface area (Å²) in [5.41, 5.74) is 1.05. The second-order valence-corrected chi connectivity index (χ2v) is 4.59. The number of carboxylic acids is 1. The summed E-state index contributed by atoms with van der Waals surface area (Å²) in [7, 11) is 0. The van der Waals surface area contributed by atoms with E-state index < -0.39 is 5.97 Å². The molecular weight excluding hydrogens is 218 g/mol. The molecule has 0 spiro atoms. The molecule has 1 fully saturated rings. The number of aryl methyl sites for hydroxylation is 1. The average molecular weight is 235 g/mol. The highest BCUT2D eigenvalue weighted by molar-refractivity contribution is 5.66. The van der Waals surface area contributed by atoms with Crippen LogP contribution in [0.3, 0.4) is 0 Å². The summed E-state index contributed by atoms with van der Waals surface area (Å²) in [6, 6.07) is 0. The molecular formula is C12H17N3O2. The van der Waals surface area contributed by atoms with E-state index in [2.05, 4.69) is 14.9 Å². The van der Waals surface area contributed by atoms with Crippen molar-refractivity contribution in [3.05, 3.63) is 18.0 Å². The first-order chi connectivity index (χ1) is 8.15. The van der Waals surface area contributed by atoms with Gasteiger partial charge in [-0.25, -0.2) is 9.97 Å². The number of aromatic nitrogens is 2. The highest BCUT2D eigenvalue weighted by Crippen LogP contribution is 2.23. The number of hydrogen-bond acceptors (Lipinski definition) is 4. The van der Waals surface area contributed by atoms with Crippen LogP contribution in [0, 0.1) is 12.8 Å². The predicted molar refractivity (Wildman–Crippen MR) is 64.0 cm³/mol. The quantitative estimate of drug-likeness (QED) is 0.856. The van der Waals surface area contributed by atoms with Gasteiger partial charge >= 0.3 is 5.97 Å². The van der Waals surface area contributed by atoms with E-state index in [1.165, 1.54) is 0 Å². The van der Waals surface area contributed by atoms with Crippen LogP contribution in [0.1, 0.15) is 24.8 Å². The summed E-state index contributed by atoms with van der Waals surface area (Å²) in [5.74, 6) is 0.500. The van der Waals surface area contributed by atoms with Gasteiger partial charge in [-0.3, -0.25) is 4.79 Å². The van der Waals surface area contributed by atoms with Gasteiger partial charge in [-0.15, -0.1) is 0 Å². The largest absolute Gasteiger partial charge is 0.481 e. The Morgan fingerprint density at radius 3 is 2.88 bits per heavy atom. The van der Waals surface area contributed by atoms with Gasteiger partial charge in [-0.05, 0) is 31.2 Å². The van der Waals surface area contributed by atoms with Crippen molar-refractivity contribution >= 4 is 11.9 Å². The van der Waals surface area contributed by atoms with Crippen LogP contribution < -0.4 is 4.90 Å². The average Bonchev–Trinajstić information content (AvgIpc) is 2.76. The third kappa shape index (κ3) is 3.15. The van der Waals surface area contributed by atoms with Crippen molar-refractivity contribution in [1.82, 2.24) is 9.97 Å². The molecule has 0 bridgehead atoms. The number of carboxylic acid groups (broad SMARTS) is 1. The summed E-state index contributed by atoms with van der Waals surface area (Å²) < 4.78 is 0. The topological polar surface area (TPSA) is 66.3 Å². The van der Waals surface area contributed by atoms with Gasteiger partial charge in [-0.1, -0.05) is 0 Å². The molecule has 1 atom stereocenters. The fourth-order valence-corrected chi connectivity index (χ4v) is 2.13. The van der Waals surface area contributed by atoms with Gasteiger partial charge < -0.3 is 10.0 Å². The Bertz CT molecular complexity index is 391. The zero-order valence-corrected chi connectivity index (χ0v) is 9.96. The molecule has 1 N–H and O–H groups in total. The third-order valence-corrected chi connectivity index (χ3v) is 3.10. The molecule has 2 heterocycles. The highest BCUT2D eigenvalue weighted by Gasteiger charge is 2.24. The van der Waals surface area contributed by atoms with Crippen LogP contribution in [0.4, 0.5) is 5.95 Å². The van der Waals surface area contributed by atoms with E-state index in [0.717, 1.165) is 37.4 Å². The standard InChI is InChI=1S/C12H17N3O2/c1-9-6-13-12(14-7-9)15-5-4-10(8-15)2-3-11(16)17/h6-7,10H,2-5,8H2,1H3,(H,16,17). The van der Waals surface area contributed by atoms with Crippen LogP contribution in [-0.2, 0) is 4.79 Å². The van der Waals surface area contributed by atoms with Crippen LogP contribution in [0.5, 0.6) is 0 Å². The Kier molecular flexibility index (Phi) is 3.56. The van der Waals surface area contributed by atoms with Crippen LogP contribution in [0.2, 0.25) is 0 Å². The van der Waals surface area contributed by atoms with Crippen molar-refractivity contribution in [3.8, 4) is 0 Å². The first-order valence-corrected chi connectivity index (χ1v) is 5.90. The lowest BCUT2D eigenvalue weighted by Crippen LogP contribution is -2.22. The Balaban J connectivity index is 1.89. The molecule has 0 aliphatic carbocycles. The molecule has 0 amide bonds. The molecule has 92 valence electrons. The predicted octanol–water partition coefficient (Wildman–Crippen LogP) is 1.48.